The van der Waals surface area contributed by atoms with E-state index in [9.17, 15) is 0 Å². The third-order valence-electron chi connectivity index (χ3n) is 3.52. The van der Waals surface area contributed by atoms with E-state index in [1.54, 1.807) is 0 Å². The second kappa shape index (κ2) is 6.33. The summed E-state index contributed by atoms with van der Waals surface area (Å²) in [5.41, 5.74) is 9.25. The SMILES string of the molecule is NCc1ccc(Cn2ccnc2Cc2ccncc2)cc1. The minimum Gasteiger partial charge on any atom is -0.330 e. The first-order valence-electron chi connectivity index (χ1n) is 7.02. The molecule has 3 rings (SSSR count). The molecular formula is C17H18N4. The molecular weight excluding hydrogens is 260 g/mol. The Morgan fingerprint density at radius 1 is 0.857 bits per heavy atom. The molecule has 0 radical (unpaired) electrons. The Labute approximate surface area is 124 Å². The highest BCUT2D eigenvalue weighted by molar-refractivity contribution is 5.23. The van der Waals surface area contributed by atoms with Crippen molar-refractivity contribution in [3.05, 3.63) is 83.7 Å². The average Bonchev–Trinajstić information content (AvgIpc) is 2.96. The summed E-state index contributed by atoms with van der Waals surface area (Å²) in [6.45, 7) is 1.41. The number of aromatic nitrogens is 3. The van der Waals surface area contributed by atoms with Crippen LogP contribution in [0, 0.1) is 0 Å². The van der Waals surface area contributed by atoms with Crippen molar-refractivity contribution in [2.75, 3.05) is 0 Å². The van der Waals surface area contributed by atoms with Crippen LogP contribution < -0.4 is 5.73 Å². The van der Waals surface area contributed by atoms with Crippen LogP contribution in [0.1, 0.15) is 22.5 Å². The van der Waals surface area contributed by atoms with Gasteiger partial charge in [0.15, 0.2) is 0 Å². The zero-order valence-electron chi connectivity index (χ0n) is 11.8. The molecule has 0 aliphatic carbocycles. The molecule has 0 saturated carbocycles. The van der Waals surface area contributed by atoms with Crippen LogP contribution in [0.5, 0.6) is 0 Å². The second-order valence-corrected chi connectivity index (χ2v) is 5.02. The number of hydrogen-bond acceptors (Lipinski definition) is 3. The van der Waals surface area contributed by atoms with Crippen molar-refractivity contribution < 1.29 is 0 Å². The first-order chi connectivity index (χ1) is 10.3. The van der Waals surface area contributed by atoms with Gasteiger partial charge in [-0.1, -0.05) is 24.3 Å². The minimum atomic E-state index is 0.582. The van der Waals surface area contributed by atoms with Crippen LogP contribution in [0.4, 0.5) is 0 Å². The van der Waals surface area contributed by atoms with Crippen LogP contribution in [-0.4, -0.2) is 14.5 Å². The predicted molar refractivity (Wildman–Crippen MR) is 82.7 cm³/mol. The van der Waals surface area contributed by atoms with E-state index in [-0.39, 0.29) is 0 Å². The fourth-order valence-electron chi connectivity index (χ4n) is 2.31. The van der Waals surface area contributed by atoms with E-state index in [1.807, 2.05) is 36.9 Å². The van der Waals surface area contributed by atoms with Crippen molar-refractivity contribution in [2.24, 2.45) is 5.73 Å². The number of nitrogens with zero attached hydrogens (tertiary/aromatic N) is 3. The molecule has 0 amide bonds. The largest absolute Gasteiger partial charge is 0.330 e. The van der Waals surface area contributed by atoms with Crippen molar-refractivity contribution in [1.82, 2.24) is 14.5 Å². The molecule has 0 unspecified atom stereocenters. The molecule has 2 aromatic heterocycles. The van der Waals surface area contributed by atoms with Crippen LogP contribution in [-0.2, 0) is 19.5 Å². The normalized spacial score (nSPS) is 10.7. The maximum absolute atomic E-state index is 5.63. The van der Waals surface area contributed by atoms with E-state index in [0.717, 1.165) is 24.4 Å². The van der Waals surface area contributed by atoms with Crippen LogP contribution in [0.2, 0.25) is 0 Å². The Hall–Kier alpha value is -2.46. The van der Waals surface area contributed by atoms with Crippen molar-refractivity contribution >= 4 is 0 Å². The van der Waals surface area contributed by atoms with E-state index in [4.69, 9.17) is 5.73 Å². The van der Waals surface area contributed by atoms with Gasteiger partial charge >= 0.3 is 0 Å². The van der Waals surface area contributed by atoms with Crippen LogP contribution in [0.15, 0.2) is 61.2 Å². The second-order valence-electron chi connectivity index (χ2n) is 5.02. The van der Waals surface area contributed by atoms with Gasteiger partial charge in [0.25, 0.3) is 0 Å². The Kier molecular flexibility index (Phi) is 4.07. The third kappa shape index (κ3) is 3.35. The molecule has 2 N–H and O–H groups in total. The van der Waals surface area contributed by atoms with Gasteiger partial charge in [0.2, 0.25) is 0 Å². The highest BCUT2D eigenvalue weighted by Gasteiger charge is 2.05. The minimum absolute atomic E-state index is 0.582. The summed E-state index contributed by atoms with van der Waals surface area (Å²) in [7, 11) is 0. The van der Waals surface area contributed by atoms with Crippen molar-refractivity contribution in [3.8, 4) is 0 Å². The lowest BCUT2D eigenvalue weighted by Crippen LogP contribution is -2.05. The average molecular weight is 278 g/mol. The van der Waals surface area contributed by atoms with Gasteiger partial charge in [0, 0.05) is 44.3 Å². The molecule has 0 fully saturated rings. The molecule has 0 spiro atoms. The van der Waals surface area contributed by atoms with E-state index in [2.05, 4.69) is 38.8 Å². The number of imidazole rings is 1. The van der Waals surface area contributed by atoms with Crippen molar-refractivity contribution in [3.63, 3.8) is 0 Å². The monoisotopic (exact) mass is 278 g/mol. The number of hydrogen-bond donors (Lipinski definition) is 1. The summed E-state index contributed by atoms with van der Waals surface area (Å²) in [4.78, 5) is 8.51. The molecule has 3 aromatic rings. The van der Waals surface area contributed by atoms with E-state index in [0.29, 0.717) is 6.54 Å². The molecule has 106 valence electrons. The Balaban J connectivity index is 1.75. The number of nitrogens with two attached hydrogens (primary N) is 1. The number of benzene rings is 1. The summed E-state index contributed by atoms with van der Waals surface area (Å²) in [6, 6.07) is 12.4. The van der Waals surface area contributed by atoms with E-state index < -0.39 is 0 Å². The molecule has 4 heteroatoms. The zero-order valence-corrected chi connectivity index (χ0v) is 11.8. The lowest BCUT2D eigenvalue weighted by atomic mass is 10.1. The van der Waals surface area contributed by atoms with Gasteiger partial charge in [-0.2, -0.15) is 0 Å². The molecule has 2 heterocycles. The molecule has 1 aromatic carbocycles. The fourth-order valence-corrected chi connectivity index (χ4v) is 2.31. The predicted octanol–water partition coefficient (Wildman–Crippen LogP) is 2.38. The summed E-state index contributed by atoms with van der Waals surface area (Å²) in [5.74, 6) is 1.06. The summed E-state index contributed by atoms with van der Waals surface area (Å²) >= 11 is 0. The standard InChI is InChI=1S/C17H18N4/c18-12-15-1-3-16(4-2-15)13-21-10-9-20-17(21)11-14-5-7-19-8-6-14/h1-10H,11-13,18H2. The molecule has 0 aliphatic heterocycles. The maximum atomic E-state index is 5.63. The van der Waals surface area contributed by atoms with Gasteiger partial charge in [-0.05, 0) is 28.8 Å². The molecule has 0 aliphatic rings. The van der Waals surface area contributed by atoms with E-state index in [1.165, 1.54) is 11.1 Å². The van der Waals surface area contributed by atoms with Gasteiger partial charge < -0.3 is 10.3 Å². The maximum Gasteiger partial charge on any atom is 0.113 e. The molecule has 4 nitrogen and oxygen atoms in total. The number of pyridine rings is 1. The third-order valence-corrected chi connectivity index (χ3v) is 3.52. The van der Waals surface area contributed by atoms with Crippen molar-refractivity contribution in [1.29, 1.82) is 0 Å². The molecule has 21 heavy (non-hydrogen) atoms. The van der Waals surface area contributed by atoms with Crippen LogP contribution in [0.3, 0.4) is 0 Å². The topological polar surface area (TPSA) is 56.7 Å². The van der Waals surface area contributed by atoms with Gasteiger partial charge in [-0.3, -0.25) is 4.98 Å². The van der Waals surface area contributed by atoms with Gasteiger partial charge in [-0.25, -0.2) is 4.98 Å². The Morgan fingerprint density at radius 3 is 2.29 bits per heavy atom. The summed E-state index contributed by atoms with van der Waals surface area (Å²) in [6.07, 6.45) is 8.32. The molecule has 0 atom stereocenters. The van der Waals surface area contributed by atoms with E-state index >= 15 is 0 Å². The molecule has 0 saturated heterocycles. The summed E-state index contributed by atoms with van der Waals surface area (Å²) in [5, 5.41) is 0. The van der Waals surface area contributed by atoms with Gasteiger partial charge in [0.05, 0.1) is 0 Å². The van der Waals surface area contributed by atoms with Crippen LogP contribution in [0.25, 0.3) is 0 Å². The summed E-state index contributed by atoms with van der Waals surface area (Å²) < 4.78 is 2.18. The number of rotatable bonds is 5. The lowest BCUT2D eigenvalue weighted by molar-refractivity contribution is 0.740. The van der Waals surface area contributed by atoms with Gasteiger partial charge in [-0.15, -0.1) is 0 Å². The fraction of sp³-hybridized carbons (Fsp3) is 0.176. The lowest BCUT2D eigenvalue weighted by Gasteiger charge is -2.09. The highest BCUT2D eigenvalue weighted by atomic mass is 15.1. The Bertz CT molecular complexity index is 686. The zero-order chi connectivity index (χ0) is 14.5. The van der Waals surface area contributed by atoms with Crippen molar-refractivity contribution in [2.45, 2.75) is 19.5 Å². The molecule has 0 bridgehead atoms. The smallest absolute Gasteiger partial charge is 0.113 e. The van der Waals surface area contributed by atoms with Crippen LogP contribution >= 0.6 is 0 Å². The first kappa shape index (κ1) is 13.5. The quantitative estimate of drug-likeness (QED) is 0.779. The highest BCUT2D eigenvalue weighted by Crippen LogP contribution is 2.11. The Morgan fingerprint density at radius 2 is 1.57 bits per heavy atom. The van der Waals surface area contributed by atoms with Gasteiger partial charge in [0.1, 0.15) is 5.82 Å². The first-order valence-corrected chi connectivity index (χ1v) is 7.02.